The van der Waals surface area contributed by atoms with Crippen LogP contribution < -0.4 is 9.47 Å². The third-order valence-corrected chi connectivity index (χ3v) is 5.43. The molecule has 1 atom stereocenters. The average molecular weight is 372 g/mol. The standard InChI is InChI=1S/C18H18ClN5O2/c1-10-14(22-7-20-10)6-24-3-2-13-17(23-8-21-13)18(24)11-4-15-16(5-12(11)19)26-9-25-15/h4-5,7-8,18H,2-3,6,9H2,1H3,(H,20,22)(H,21,23)/t18-/m1/s1. The van der Waals surface area contributed by atoms with Crippen molar-refractivity contribution in [3.8, 4) is 11.5 Å². The molecule has 2 aliphatic heterocycles. The summed E-state index contributed by atoms with van der Waals surface area (Å²) in [6.45, 7) is 3.87. The molecule has 2 aliphatic rings. The molecule has 0 saturated heterocycles. The first-order valence-electron chi connectivity index (χ1n) is 8.55. The zero-order chi connectivity index (χ0) is 17.7. The fraction of sp³-hybridized carbons (Fsp3) is 0.333. The van der Waals surface area contributed by atoms with Gasteiger partial charge in [0.1, 0.15) is 0 Å². The number of hydrogen-bond acceptors (Lipinski definition) is 5. The average Bonchev–Trinajstić information content (AvgIpc) is 3.35. The summed E-state index contributed by atoms with van der Waals surface area (Å²) in [7, 11) is 0. The number of nitrogens with zero attached hydrogens (tertiary/aromatic N) is 3. The Labute approximate surface area is 155 Å². The summed E-state index contributed by atoms with van der Waals surface area (Å²) in [5.41, 5.74) is 5.24. The van der Waals surface area contributed by atoms with Gasteiger partial charge in [0.15, 0.2) is 11.5 Å². The van der Waals surface area contributed by atoms with Crippen molar-refractivity contribution in [1.29, 1.82) is 0 Å². The zero-order valence-electron chi connectivity index (χ0n) is 14.3. The maximum absolute atomic E-state index is 6.63. The van der Waals surface area contributed by atoms with E-state index in [0.29, 0.717) is 10.8 Å². The molecule has 0 spiro atoms. The first kappa shape index (κ1) is 15.7. The van der Waals surface area contributed by atoms with Crippen LogP contribution in [-0.2, 0) is 13.0 Å². The Morgan fingerprint density at radius 2 is 2.00 bits per heavy atom. The molecule has 1 aromatic carbocycles. The van der Waals surface area contributed by atoms with Crippen LogP contribution >= 0.6 is 11.6 Å². The van der Waals surface area contributed by atoms with Crippen LogP contribution in [0.25, 0.3) is 0 Å². The molecule has 134 valence electrons. The smallest absolute Gasteiger partial charge is 0.231 e. The van der Waals surface area contributed by atoms with Crippen LogP contribution in [0, 0.1) is 6.92 Å². The van der Waals surface area contributed by atoms with E-state index in [0.717, 1.165) is 53.6 Å². The van der Waals surface area contributed by atoms with Gasteiger partial charge >= 0.3 is 0 Å². The zero-order valence-corrected chi connectivity index (χ0v) is 15.0. The molecular formula is C18H18ClN5O2. The summed E-state index contributed by atoms with van der Waals surface area (Å²) in [6.07, 6.45) is 4.40. The summed E-state index contributed by atoms with van der Waals surface area (Å²) >= 11 is 6.63. The van der Waals surface area contributed by atoms with Crippen molar-refractivity contribution in [2.24, 2.45) is 0 Å². The molecule has 4 heterocycles. The van der Waals surface area contributed by atoms with Crippen molar-refractivity contribution < 1.29 is 9.47 Å². The van der Waals surface area contributed by atoms with E-state index in [-0.39, 0.29) is 12.8 Å². The second-order valence-electron chi connectivity index (χ2n) is 6.59. The van der Waals surface area contributed by atoms with Crippen molar-refractivity contribution in [1.82, 2.24) is 24.8 Å². The van der Waals surface area contributed by atoms with Crippen LogP contribution in [0.4, 0.5) is 0 Å². The molecule has 0 radical (unpaired) electrons. The number of aromatic amines is 2. The third kappa shape index (κ3) is 2.47. The molecule has 2 aromatic heterocycles. The van der Waals surface area contributed by atoms with Crippen LogP contribution in [0.3, 0.4) is 0 Å². The number of ether oxygens (including phenoxy) is 2. The highest BCUT2D eigenvalue weighted by Gasteiger charge is 2.34. The van der Waals surface area contributed by atoms with Gasteiger partial charge in [-0.25, -0.2) is 9.97 Å². The fourth-order valence-corrected chi connectivity index (χ4v) is 3.98. The molecule has 0 saturated carbocycles. The molecular weight excluding hydrogens is 354 g/mol. The van der Waals surface area contributed by atoms with E-state index in [1.165, 1.54) is 0 Å². The van der Waals surface area contributed by atoms with Gasteiger partial charge < -0.3 is 19.4 Å². The number of benzene rings is 1. The van der Waals surface area contributed by atoms with Crippen LogP contribution in [0.15, 0.2) is 24.8 Å². The minimum Gasteiger partial charge on any atom is -0.454 e. The minimum absolute atomic E-state index is 0.0666. The first-order chi connectivity index (χ1) is 12.7. The van der Waals surface area contributed by atoms with Crippen molar-refractivity contribution in [2.45, 2.75) is 25.9 Å². The Morgan fingerprint density at radius 1 is 1.19 bits per heavy atom. The van der Waals surface area contributed by atoms with Gasteiger partial charge in [0.05, 0.1) is 30.1 Å². The van der Waals surface area contributed by atoms with E-state index in [1.807, 2.05) is 19.1 Å². The SMILES string of the molecule is Cc1[nH]cnc1CN1CCc2[nH]cnc2[C@H]1c1cc2c(cc1Cl)OCO2. The van der Waals surface area contributed by atoms with Gasteiger partial charge in [0, 0.05) is 42.0 Å². The highest BCUT2D eigenvalue weighted by atomic mass is 35.5. The molecule has 8 heteroatoms. The Balaban J connectivity index is 1.59. The van der Waals surface area contributed by atoms with E-state index in [2.05, 4.69) is 24.8 Å². The summed E-state index contributed by atoms with van der Waals surface area (Å²) in [6, 6.07) is 3.74. The highest BCUT2D eigenvalue weighted by Crippen LogP contribution is 2.43. The maximum Gasteiger partial charge on any atom is 0.231 e. The Hall–Kier alpha value is -2.51. The second-order valence-corrected chi connectivity index (χ2v) is 7.00. The number of hydrogen-bond donors (Lipinski definition) is 2. The minimum atomic E-state index is -0.0666. The fourth-order valence-electron chi connectivity index (χ4n) is 3.72. The molecule has 7 nitrogen and oxygen atoms in total. The van der Waals surface area contributed by atoms with Gasteiger partial charge in [-0.1, -0.05) is 11.6 Å². The molecule has 0 unspecified atom stereocenters. The van der Waals surface area contributed by atoms with Crippen LogP contribution in [0.5, 0.6) is 11.5 Å². The number of rotatable bonds is 3. The number of imidazole rings is 2. The van der Waals surface area contributed by atoms with E-state index >= 15 is 0 Å². The number of aromatic nitrogens is 4. The lowest BCUT2D eigenvalue weighted by atomic mass is 9.95. The lowest BCUT2D eigenvalue weighted by molar-refractivity contribution is 0.173. The van der Waals surface area contributed by atoms with Gasteiger partial charge in [-0.2, -0.15) is 0 Å². The van der Waals surface area contributed by atoms with Gasteiger partial charge in [-0.15, -0.1) is 0 Å². The molecule has 0 fully saturated rings. The van der Waals surface area contributed by atoms with Gasteiger partial charge in [-0.3, -0.25) is 4.90 Å². The normalized spacial score (nSPS) is 18.9. The van der Waals surface area contributed by atoms with Crippen molar-refractivity contribution in [2.75, 3.05) is 13.3 Å². The number of H-pyrrole nitrogens is 2. The van der Waals surface area contributed by atoms with Gasteiger partial charge in [-0.05, 0) is 18.6 Å². The van der Waals surface area contributed by atoms with Crippen LogP contribution in [0.1, 0.15) is 34.4 Å². The Kier molecular flexibility index (Phi) is 3.65. The van der Waals surface area contributed by atoms with E-state index < -0.39 is 0 Å². The van der Waals surface area contributed by atoms with E-state index in [4.69, 9.17) is 21.1 Å². The largest absolute Gasteiger partial charge is 0.454 e. The summed E-state index contributed by atoms with van der Waals surface area (Å²) < 4.78 is 11.0. The quantitative estimate of drug-likeness (QED) is 0.740. The number of fused-ring (bicyclic) bond motifs is 2. The summed E-state index contributed by atoms with van der Waals surface area (Å²) in [5, 5.41) is 0.652. The second kappa shape index (κ2) is 6.03. The summed E-state index contributed by atoms with van der Waals surface area (Å²) in [5.74, 6) is 1.41. The van der Waals surface area contributed by atoms with Crippen molar-refractivity contribution in [3.05, 3.63) is 58.1 Å². The van der Waals surface area contributed by atoms with Gasteiger partial charge in [0.2, 0.25) is 6.79 Å². The number of nitrogens with one attached hydrogen (secondary N) is 2. The lowest BCUT2D eigenvalue weighted by Gasteiger charge is -2.35. The lowest BCUT2D eigenvalue weighted by Crippen LogP contribution is -2.36. The Bertz CT molecular complexity index is 966. The number of halogens is 1. The van der Waals surface area contributed by atoms with Gasteiger partial charge in [0.25, 0.3) is 0 Å². The first-order valence-corrected chi connectivity index (χ1v) is 8.92. The van der Waals surface area contributed by atoms with E-state index in [9.17, 15) is 0 Å². The monoisotopic (exact) mass is 371 g/mol. The predicted octanol–water partition coefficient (Wildman–Crippen LogP) is 2.97. The van der Waals surface area contributed by atoms with Crippen LogP contribution in [-0.4, -0.2) is 38.2 Å². The molecule has 3 aromatic rings. The molecule has 0 amide bonds. The summed E-state index contributed by atoms with van der Waals surface area (Å²) in [4.78, 5) is 17.8. The van der Waals surface area contributed by atoms with Crippen molar-refractivity contribution >= 4 is 11.6 Å². The molecule has 26 heavy (non-hydrogen) atoms. The topological polar surface area (TPSA) is 79.1 Å². The van der Waals surface area contributed by atoms with Crippen LogP contribution in [0.2, 0.25) is 5.02 Å². The highest BCUT2D eigenvalue weighted by molar-refractivity contribution is 6.31. The molecule has 5 rings (SSSR count). The molecule has 2 N–H and O–H groups in total. The maximum atomic E-state index is 6.63. The number of aryl methyl sites for hydroxylation is 1. The third-order valence-electron chi connectivity index (χ3n) is 5.10. The van der Waals surface area contributed by atoms with Crippen molar-refractivity contribution in [3.63, 3.8) is 0 Å². The van der Waals surface area contributed by atoms with E-state index in [1.54, 1.807) is 12.7 Å². The predicted molar refractivity (Wildman–Crippen MR) is 95.4 cm³/mol. The molecule has 0 bridgehead atoms. The Morgan fingerprint density at radius 3 is 2.81 bits per heavy atom. The molecule has 0 aliphatic carbocycles.